The van der Waals surface area contributed by atoms with Crippen molar-refractivity contribution in [2.45, 2.75) is 20.8 Å². The quantitative estimate of drug-likeness (QED) is 0.306. The Morgan fingerprint density at radius 1 is 0.815 bits per heavy atom. The maximum Gasteiger partial charge on any atom is 0.210 e. The second-order valence-electron chi connectivity index (χ2n) is 6.57. The van der Waals surface area contributed by atoms with Gasteiger partial charge in [-0.15, -0.1) is 0 Å². The lowest BCUT2D eigenvalue weighted by Crippen LogP contribution is -2.29. The van der Waals surface area contributed by atoms with Crippen molar-refractivity contribution in [2.24, 2.45) is 4.99 Å². The molecule has 0 radical (unpaired) electrons. The number of nitrogens with zero attached hydrogens (tertiary/aromatic N) is 2. The lowest BCUT2D eigenvalue weighted by Gasteiger charge is -2.02. The van der Waals surface area contributed by atoms with Gasteiger partial charge in [-0.25, -0.2) is 0 Å². The highest BCUT2D eigenvalue weighted by molar-refractivity contribution is 5.89. The molecule has 2 nitrogen and oxygen atoms in total. The first kappa shape index (κ1) is 18.5. The van der Waals surface area contributed by atoms with Crippen LogP contribution < -0.4 is 4.57 Å². The van der Waals surface area contributed by atoms with Crippen LogP contribution in [0.4, 0.5) is 5.69 Å². The van der Waals surface area contributed by atoms with E-state index in [1.807, 2.05) is 37.4 Å². The molecule has 0 saturated carbocycles. The van der Waals surface area contributed by atoms with E-state index in [4.69, 9.17) is 0 Å². The van der Waals surface area contributed by atoms with Gasteiger partial charge in [0.25, 0.3) is 0 Å². The van der Waals surface area contributed by atoms with E-state index in [-0.39, 0.29) is 0 Å². The van der Waals surface area contributed by atoms with Crippen LogP contribution in [0, 0.1) is 13.8 Å². The van der Waals surface area contributed by atoms with Crippen LogP contribution in [-0.4, -0.2) is 6.21 Å². The first-order valence-electron chi connectivity index (χ1n) is 9.18. The third-order valence-corrected chi connectivity index (χ3v) is 4.35. The summed E-state index contributed by atoms with van der Waals surface area (Å²) in [5, 5.41) is 0. The van der Waals surface area contributed by atoms with Crippen LogP contribution in [0.5, 0.6) is 0 Å². The first-order valence-corrected chi connectivity index (χ1v) is 9.18. The summed E-state index contributed by atoms with van der Waals surface area (Å²) in [6.07, 6.45) is 12.2. The molecule has 2 aromatic carbocycles. The van der Waals surface area contributed by atoms with Crippen molar-refractivity contribution in [3.05, 3.63) is 108 Å². The van der Waals surface area contributed by atoms with E-state index >= 15 is 0 Å². The molecule has 0 unspecified atom stereocenters. The molecule has 27 heavy (non-hydrogen) atoms. The summed E-state index contributed by atoms with van der Waals surface area (Å²) in [6.45, 7) is 6.21. The van der Waals surface area contributed by atoms with Crippen molar-refractivity contribution in [3.63, 3.8) is 0 Å². The fourth-order valence-corrected chi connectivity index (χ4v) is 2.77. The summed E-state index contributed by atoms with van der Waals surface area (Å²) in [6, 6.07) is 21.0. The molecule has 0 aliphatic rings. The molecule has 3 rings (SSSR count). The van der Waals surface area contributed by atoms with Gasteiger partial charge in [0.2, 0.25) is 5.69 Å². The maximum absolute atomic E-state index is 4.53. The number of allylic oxidation sites excluding steroid dienone is 4. The Labute approximate surface area is 161 Å². The lowest BCUT2D eigenvalue weighted by atomic mass is 10.1. The molecule has 0 fully saturated rings. The molecule has 0 aliphatic carbocycles. The number of rotatable bonds is 5. The first-order chi connectivity index (χ1) is 13.2. The van der Waals surface area contributed by atoms with E-state index in [0.29, 0.717) is 0 Å². The average Bonchev–Trinajstić information content (AvgIpc) is 2.70. The molecule has 134 valence electrons. The Hall–Kier alpha value is -3.26. The third-order valence-electron chi connectivity index (χ3n) is 4.35. The molecule has 2 heteroatoms. The highest BCUT2D eigenvalue weighted by Gasteiger charge is 2.06. The van der Waals surface area contributed by atoms with Crippen molar-refractivity contribution in [1.29, 1.82) is 0 Å². The number of pyridine rings is 1. The van der Waals surface area contributed by atoms with Crippen molar-refractivity contribution in [3.8, 4) is 5.69 Å². The van der Waals surface area contributed by atoms with Gasteiger partial charge in [0.1, 0.15) is 0 Å². The minimum absolute atomic E-state index is 0.960. The van der Waals surface area contributed by atoms with Crippen molar-refractivity contribution in [1.82, 2.24) is 0 Å². The van der Waals surface area contributed by atoms with Gasteiger partial charge in [-0.05, 0) is 50.1 Å². The fraction of sp³-hybridized carbons (Fsp3) is 0.120. The Kier molecular flexibility index (Phi) is 6.11. The topological polar surface area (TPSA) is 16.2 Å². The Morgan fingerprint density at radius 3 is 2.00 bits per heavy atom. The zero-order chi connectivity index (χ0) is 19.1. The predicted molar refractivity (Wildman–Crippen MR) is 115 cm³/mol. The van der Waals surface area contributed by atoms with Gasteiger partial charge in [0.05, 0.1) is 5.69 Å². The lowest BCUT2D eigenvalue weighted by molar-refractivity contribution is -0.595. The monoisotopic (exact) mass is 353 g/mol. The van der Waals surface area contributed by atoms with Gasteiger partial charge in [-0.3, -0.25) is 4.99 Å². The number of benzene rings is 2. The number of aryl methyl sites for hydroxylation is 2. The molecule has 0 atom stereocenters. The highest BCUT2D eigenvalue weighted by atomic mass is 14.9. The van der Waals surface area contributed by atoms with E-state index in [9.17, 15) is 0 Å². The van der Waals surface area contributed by atoms with Crippen LogP contribution in [0.15, 0.2) is 96.3 Å². The number of hydrogen-bond donors (Lipinski definition) is 0. The van der Waals surface area contributed by atoms with E-state index in [1.54, 1.807) is 0 Å². The van der Waals surface area contributed by atoms with E-state index < -0.39 is 0 Å². The number of hydrogen-bond acceptors (Lipinski definition) is 1. The van der Waals surface area contributed by atoms with E-state index in [0.717, 1.165) is 22.5 Å². The van der Waals surface area contributed by atoms with Crippen LogP contribution in [-0.2, 0) is 0 Å². The van der Waals surface area contributed by atoms with Gasteiger partial charge in [-0.1, -0.05) is 47.5 Å². The van der Waals surface area contributed by atoms with Gasteiger partial charge in [0.15, 0.2) is 12.4 Å². The van der Waals surface area contributed by atoms with Crippen LogP contribution in [0.1, 0.15) is 23.6 Å². The molecule has 1 heterocycles. The number of aliphatic imine (C=N–C) groups is 1. The molecule has 0 aliphatic heterocycles. The predicted octanol–water partition coefficient (Wildman–Crippen LogP) is 5.94. The SMILES string of the molecule is C/C=C\C(=C/C=Nc1ccc(C)cc1)c1cc[n+](-c2ccc(C)cc2)cc1. The summed E-state index contributed by atoms with van der Waals surface area (Å²) in [7, 11) is 0. The van der Waals surface area contributed by atoms with Crippen LogP contribution in [0.25, 0.3) is 11.3 Å². The maximum atomic E-state index is 4.53. The van der Waals surface area contributed by atoms with Crippen molar-refractivity contribution >= 4 is 17.5 Å². The molecule has 0 bridgehead atoms. The third kappa shape index (κ3) is 5.11. The molecule has 0 N–H and O–H groups in total. The van der Waals surface area contributed by atoms with Crippen molar-refractivity contribution < 1.29 is 4.57 Å². The fourth-order valence-electron chi connectivity index (χ4n) is 2.77. The zero-order valence-corrected chi connectivity index (χ0v) is 16.1. The molecular weight excluding hydrogens is 328 g/mol. The Balaban J connectivity index is 1.81. The van der Waals surface area contributed by atoms with Gasteiger partial charge in [-0.2, -0.15) is 4.57 Å². The summed E-state index contributed by atoms with van der Waals surface area (Å²) in [5.74, 6) is 0. The van der Waals surface area contributed by atoms with Gasteiger partial charge >= 0.3 is 0 Å². The Bertz CT molecular complexity index is 958. The molecular formula is C25H25N2+. The van der Waals surface area contributed by atoms with Crippen LogP contribution >= 0.6 is 0 Å². The van der Waals surface area contributed by atoms with Gasteiger partial charge in [0, 0.05) is 30.5 Å². The largest absolute Gasteiger partial charge is 0.257 e. The summed E-state index contributed by atoms with van der Waals surface area (Å²) in [5.41, 5.74) is 6.91. The summed E-state index contributed by atoms with van der Waals surface area (Å²) < 4.78 is 2.12. The minimum Gasteiger partial charge on any atom is -0.257 e. The van der Waals surface area contributed by atoms with Gasteiger partial charge < -0.3 is 0 Å². The summed E-state index contributed by atoms with van der Waals surface area (Å²) in [4.78, 5) is 4.53. The second-order valence-corrected chi connectivity index (χ2v) is 6.57. The molecule has 0 spiro atoms. The normalized spacial score (nSPS) is 12.2. The average molecular weight is 353 g/mol. The van der Waals surface area contributed by atoms with Crippen LogP contribution in [0.3, 0.4) is 0 Å². The minimum atomic E-state index is 0.960. The zero-order valence-electron chi connectivity index (χ0n) is 16.1. The van der Waals surface area contributed by atoms with E-state index in [2.05, 4.69) is 90.4 Å². The molecule has 1 aromatic heterocycles. The molecule has 3 aromatic rings. The Morgan fingerprint density at radius 2 is 1.41 bits per heavy atom. The standard InChI is InChI=1S/C25H25N2/c1-4-5-22(14-17-26-24-10-6-20(2)7-11-24)23-15-18-27(19-16-23)25-12-8-21(3)9-13-25/h4-19H,1-3H3/q+1/b5-4-,22-14+,26-17?. The highest BCUT2D eigenvalue weighted by Crippen LogP contribution is 2.16. The van der Waals surface area contributed by atoms with Crippen molar-refractivity contribution in [2.75, 3.05) is 0 Å². The van der Waals surface area contributed by atoms with Crippen LogP contribution in [0.2, 0.25) is 0 Å². The smallest absolute Gasteiger partial charge is 0.210 e. The molecule has 0 saturated heterocycles. The van der Waals surface area contributed by atoms with E-state index in [1.165, 1.54) is 11.1 Å². The molecule has 0 amide bonds. The summed E-state index contributed by atoms with van der Waals surface area (Å²) >= 11 is 0. The number of aromatic nitrogens is 1. The second kappa shape index (κ2) is 8.91.